The van der Waals surface area contributed by atoms with Gasteiger partial charge in [0.05, 0.1) is 19.3 Å². The number of anilines is 1. The van der Waals surface area contributed by atoms with Gasteiger partial charge in [0.2, 0.25) is 0 Å². The highest BCUT2D eigenvalue weighted by atomic mass is 16.5. The summed E-state index contributed by atoms with van der Waals surface area (Å²) in [5, 5.41) is 10.8. The monoisotopic (exact) mass is 270 g/mol. The third kappa shape index (κ3) is 2.62. The van der Waals surface area contributed by atoms with Gasteiger partial charge in [0.15, 0.2) is 17.3 Å². The number of methoxy groups -OCH3 is 1. The molecule has 0 aliphatic heterocycles. The van der Waals surface area contributed by atoms with E-state index in [1.807, 2.05) is 12.1 Å². The standard InChI is InChI=1S/C14H14N4O2/c1-4-9-15-14-13(10(2)19)16-17-18(14)11-5-7-12(20-3)8-6-11/h1,5-8,15H,9H2,2-3H3. The smallest absolute Gasteiger partial charge is 0.183 e. The number of ketones is 1. The minimum Gasteiger partial charge on any atom is -0.497 e. The van der Waals surface area contributed by atoms with E-state index in [0.29, 0.717) is 5.82 Å². The molecule has 1 aromatic heterocycles. The highest BCUT2D eigenvalue weighted by molar-refractivity contribution is 5.96. The van der Waals surface area contributed by atoms with Crippen molar-refractivity contribution in [1.29, 1.82) is 0 Å². The van der Waals surface area contributed by atoms with Gasteiger partial charge in [-0.2, -0.15) is 4.68 Å². The highest BCUT2D eigenvalue weighted by Crippen LogP contribution is 2.20. The Balaban J connectivity index is 2.44. The lowest BCUT2D eigenvalue weighted by Gasteiger charge is -2.08. The summed E-state index contributed by atoms with van der Waals surface area (Å²) < 4.78 is 6.64. The molecule has 0 radical (unpaired) electrons. The molecule has 0 spiro atoms. The number of hydrogen-bond acceptors (Lipinski definition) is 5. The molecule has 102 valence electrons. The fourth-order valence-electron chi connectivity index (χ4n) is 1.72. The molecule has 0 saturated heterocycles. The topological polar surface area (TPSA) is 69.0 Å². The third-order valence-electron chi connectivity index (χ3n) is 2.68. The summed E-state index contributed by atoms with van der Waals surface area (Å²) in [6.07, 6.45) is 5.23. The Morgan fingerprint density at radius 2 is 2.15 bits per heavy atom. The predicted octanol–water partition coefficient (Wildman–Crippen LogP) is 1.52. The molecule has 0 aliphatic carbocycles. The van der Waals surface area contributed by atoms with Crippen LogP contribution in [0.5, 0.6) is 5.75 Å². The van der Waals surface area contributed by atoms with Gasteiger partial charge in [0.1, 0.15) is 5.75 Å². The Bertz CT molecular complexity index is 653. The molecule has 0 saturated carbocycles. The number of carbonyl (C=O) groups excluding carboxylic acids is 1. The molecule has 6 heteroatoms. The van der Waals surface area contributed by atoms with Crippen molar-refractivity contribution in [3.63, 3.8) is 0 Å². The zero-order valence-corrected chi connectivity index (χ0v) is 11.3. The average molecular weight is 270 g/mol. The van der Waals surface area contributed by atoms with E-state index in [1.165, 1.54) is 11.6 Å². The van der Waals surface area contributed by atoms with E-state index in [1.54, 1.807) is 19.2 Å². The lowest BCUT2D eigenvalue weighted by atomic mass is 10.3. The molecule has 0 bridgehead atoms. The Morgan fingerprint density at radius 1 is 1.45 bits per heavy atom. The quantitative estimate of drug-likeness (QED) is 0.659. The fourth-order valence-corrected chi connectivity index (χ4v) is 1.72. The summed E-state index contributed by atoms with van der Waals surface area (Å²) in [5.74, 6) is 3.50. The van der Waals surface area contributed by atoms with Gasteiger partial charge in [-0.25, -0.2) is 0 Å². The number of nitrogens with one attached hydrogen (secondary N) is 1. The Hall–Kier alpha value is -2.81. The maximum absolute atomic E-state index is 11.5. The minimum atomic E-state index is -0.177. The van der Waals surface area contributed by atoms with Crippen LogP contribution in [0.3, 0.4) is 0 Å². The first kappa shape index (κ1) is 13.6. The van der Waals surface area contributed by atoms with Crippen LogP contribution < -0.4 is 10.1 Å². The van der Waals surface area contributed by atoms with E-state index in [2.05, 4.69) is 21.5 Å². The normalized spacial score (nSPS) is 9.85. The van der Waals surface area contributed by atoms with Crippen molar-refractivity contribution in [3.05, 3.63) is 30.0 Å². The first-order chi connectivity index (χ1) is 9.67. The van der Waals surface area contributed by atoms with Crippen molar-refractivity contribution < 1.29 is 9.53 Å². The predicted molar refractivity (Wildman–Crippen MR) is 75.2 cm³/mol. The lowest BCUT2D eigenvalue weighted by molar-refractivity contribution is 0.101. The number of ether oxygens (including phenoxy) is 1. The second-order valence-corrected chi connectivity index (χ2v) is 4.01. The van der Waals surface area contributed by atoms with Gasteiger partial charge < -0.3 is 10.1 Å². The molecule has 0 fully saturated rings. The van der Waals surface area contributed by atoms with Gasteiger partial charge in [-0.15, -0.1) is 11.5 Å². The molecule has 2 rings (SSSR count). The van der Waals surface area contributed by atoms with Crippen LogP contribution in [-0.4, -0.2) is 34.4 Å². The molecule has 0 aliphatic rings. The summed E-state index contributed by atoms with van der Waals surface area (Å²) >= 11 is 0. The number of rotatable bonds is 5. The van der Waals surface area contributed by atoms with Crippen LogP contribution in [0.25, 0.3) is 5.69 Å². The van der Waals surface area contributed by atoms with Crippen molar-refractivity contribution in [2.75, 3.05) is 19.0 Å². The van der Waals surface area contributed by atoms with Crippen molar-refractivity contribution in [3.8, 4) is 23.8 Å². The second kappa shape index (κ2) is 5.89. The summed E-state index contributed by atoms with van der Waals surface area (Å²) in [4.78, 5) is 11.5. The van der Waals surface area contributed by atoms with E-state index in [4.69, 9.17) is 11.2 Å². The number of carbonyl (C=O) groups is 1. The number of benzene rings is 1. The molecular formula is C14H14N4O2. The maximum atomic E-state index is 11.5. The van der Waals surface area contributed by atoms with Crippen LogP contribution in [0.2, 0.25) is 0 Å². The zero-order valence-electron chi connectivity index (χ0n) is 11.3. The first-order valence-corrected chi connectivity index (χ1v) is 5.95. The number of terminal acetylenes is 1. The summed E-state index contributed by atoms with van der Waals surface area (Å²) in [6.45, 7) is 1.72. The van der Waals surface area contributed by atoms with Crippen molar-refractivity contribution in [1.82, 2.24) is 15.0 Å². The van der Waals surface area contributed by atoms with Crippen LogP contribution in [0, 0.1) is 12.3 Å². The number of nitrogens with zero attached hydrogens (tertiary/aromatic N) is 3. The minimum absolute atomic E-state index is 0.177. The first-order valence-electron chi connectivity index (χ1n) is 5.95. The number of Topliss-reactive ketones (excluding diaryl/α,β-unsaturated/α-hetero) is 1. The highest BCUT2D eigenvalue weighted by Gasteiger charge is 2.17. The van der Waals surface area contributed by atoms with Crippen LogP contribution in [0.4, 0.5) is 5.82 Å². The second-order valence-electron chi connectivity index (χ2n) is 4.01. The Labute approximate surface area is 116 Å². The van der Waals surface area contributed by atoms with E-state index in [0.717, 1.165) is 11.4 Å². The molecule has 2 aromatic rings. The van der Waals surface area contributed by atoms with Crippen LogP contribution in [-0.2, 0) is 0 Å². The Kier molecular flexibility index (Phi) is 4.01. The van der Waals surface area contributed by atoms with E-state index in [-0.39, 0.29) is 18.0 Å². The molecule has 1 N–H and O–H groups in total. The van der Waals surface area contributed by atoms with Crippen LogP contribution in [0.1, 0.15) is 17.4 Å². The number of hydrogen-bond donors (Lipinski definition) is 1. The molecule has 1 heterocycles. The van der Waals surface area contributed by atoms with Gasteiger partial charge in [0, 0.05) is 6.92 Å². The van der Waals surface area contributed by atoms with Crippen molar-refractivity contribution in [2.24, 2.45) is 0 Å². The van der Waals surface area contributed by atoms with Crippen LogP contribution in [0.15, 0.2) is 24.3 Å². The summed E-state index contributed by atoms with van der Waals surface area (Å²) in [7, 11) is 1.60. The van der Waals surface area contributed by atoms with Crippen molar-refractivity contribution >= 4 is 11.6 Å². The molecule has 6 nitrogen and oxygen atoms in total. The summed E-state index contributed by atoms with van der Waals surface area (Å²) in [5.41, 5.74) is 1.02. The van der Waals surface area contributed by atoms with E-state index in [9.17, 15) is 4.79 Å². The van der Waals surface area contributed by atoms with Gasteiger partial charge in [0.25, 0.3) is 0 Å². The molecular weight excluding hydrogens is 256 g/mol. The molecule has 20 heavy (non-hydrogen) atoms. The van der Waals surface area contributed by atoms with Gasteiger partial charge in [-0.3, -0.25) is 4.79 Å². The van der Waals surface area contributed by atoms with Crippen molar-refractivity contribution in [2.45, 2.75) is 6.92 Å². The molecule has 0 amide bonds. The van der Waals surface area contributed by atoms with Gasteiger partial charge >= 0.3 is 0 Å². The summed E-state index contributed by atoms with van der Waals surface area (Å²) in [6, 6.07) is 7.24. The lowest BCUT2D eigenvalue weighted by Crippen LogP contribution is -2.09. The molecule has 0 atom stereocenters. The SMILES string of the molecule is C#CCNc1c(C(C)=O)nnn1-c1ccc(OC)cc1. The largest absolute Gasteiger partial charge is 0.497 e. The molecule has 1 aromatic carbocycles. The van der Waals surface area contributed by atoms with E-state index < -0.39 is 0 Å². The third-order valence-corrected chi connectivity index (χ3v) is 2.68. The molecule has 0 unspecified atom stereocenters. The Morgan fingerprint density at radius 3 is 2.70 bits per heavy atom. The average Bonchev–Trinajstić information content (AvgIpc) is 2.89. The maximum Gasteiger partial charge on any atom is 0.183 e. The number of aromatic nitrogens is 3. The fraction of sp³-hybridized carbons (Fsp3) is 0.214. The van der Waals surface area contributed by atoms with E-state index >= 15 is 0 Å². The zero-order chi connectivity index (χ0) is 14.5. The van der Waals surface area contributed by atoms with Gasteiger partial charge in [-0.1, -0.05) is 11.1 Å². The van der Waals surface area contributed by atoms with Crippen LogP contribution >= 0.6 is 0 Å². The van der Waals surface area contributed by atoms with Gasteiger partial charge in [-0.05, 0) is 24.3 Å².